The summed E-state index contributed by atoms with van der Waals surface area (Å²) in [6.07, 6.45) is 0. The van der Waals surface area contributed by atoms with E-state index < -0.39 is 10.0 Å². The van der Waals surface area contributed by atoms with Crippen molar-refractivity contribution in [3.8, 4) is 0 Å². The van der Waals surface area contributed by atoms with Crippen LogP contribution in [-0.2, 0) is 10.0 Å². The van der Waals surface area contributed by atoms with Gasteiger partial charge in [0.2, 0.25) is 10.0 Å². The lowest BCUT2D eigenvalue weighted by Crippen LogP contribution is -2.50. The molecule has 0 aromatic heterocycles. The van der Waals surface area contributed by atoms with Crippen molar-refractivity contribution in [2.75, 3.05) is 31.9 Å². The number of piperazine rings is 1. The van der Waals surface area contributed by atoms with Crippen LogP contribution >= 0.6 is 0 Å². The molecule has 20 heavy (non-hydrogen) atoms. The summed E-state index contributed by atoms with van der Waals surface area (Å²) >= 11 is 0. The Hall–Kier alpha value is -1.47. The highest BCUT2D eigenvalue weighted by Gasteiger charge is 2.27. The lowest BCUT2D eigenvalue weighted by atomic mass is 10.2. The zero-order chi connectivity index (χ0) is 14.8. The minimum atomic E-state index is -3.19. The fraction of sp³-hybridized carbons (Fsp3) is 0.462. The molecule has 0 saturated carbocycles. The van der Waals surface area contributed by atoms with Crippen LogP contribution in [0.3, 0.4) is 0 Å². The maximum Gasteiger partial charge on any atom is 0.253 e. The highest BCUT2D eigenvalue weighted by molar-refractivity contribution is 7.89. The number of amides is 1. The average molecular weight is 300 g/mol. The van der Waals surface area contributed by atoms with Gasteiger partial charge in [-0.3, -0.25) is 4.79 Å². The van der Waals surface area contributed by atoms with Crippen LogP contribution in [0.5, 0.6) is 0 Å². The number of sulfonamides is 1. The zero-order valence-corrected chi connectivity index (χ0v) is 12.1. The normalized spacial score (nSPS) is 17.2. The number of benzene rings is 1. The van der Waals surface area contributed by atoms with Crippen LogP contribution in [0.25, 0.3) is 0 Å². The summed E-state index contributed by atoms with van der Waals surface area (Å²) in [7, 11) is -3.19. The minimum absolute atomic E-state index is 0.0684. The Kier molecular flexibility index (Phi) is 4.39. The molecule has 1 aliphatic heterocycles. The molecular weight excluding hydrogens is 283 g/mol. The third-order valence-corrected chi connectivity index (χ3v) is 5.26. The van der Waals surface area contributed by atoms with Crippen LogP contribution in [0.2, 0.25) is 0 Å². The first kappa shape index (κ1) is 14.9. The molecule has 0 spiro atoms. The van der Waals surface area contributed by atoms with E-state index in [0.717, 1.165) is 0 Å². The van der Waals surface area contributed by atoms with Crippen LogP contribution in [0, 0.1) is 5.82 Å². The van der Waals surface area contributed by atoms with Crippen LogP contribution in [-0.4, -0.2) is 55.5 Å². The first-order chi connectivity index (χ1) is 9.44. The standard InChI is InChI=1S/C13H17FN2O3S/c1-2-20(18,19)16-9-7-15(8-10-16)13(17)11-3-5-12(14)6-4-11/h3-6H,2,7-10H2,1H3. The summed E-state index contributed by atoms with van der Waals surface area (Å²) in [4.78, 5) is 13.8. The van der Waals surface area contributed by atoms with E-state index in [2.05, 4.69) is 0 Å². The molecule has 1 aromatic rings. The van der Waals surface area contributed by atoms with E-state index in [0.29, 0.717) is 31.7 Å². The molecule has 0 N–H and O–H groups in total. The summed E-state index contributed by atoms with van der Waals surface area (Å²) < 4.78 is 37.7. The van der Waals surface area contributed by atoms with E-state index in [-0.39, 0.29) is 17.5 Å². The van der Waals surface area contributed by atoms with Gasteiger partial charge in [0.25, 0.3) is 5.91 Å². The third-order valence-electron chi connectivity index (χ3n) is 3.38. The molecule has 0 atom stereocenters. The molecule has 5 nitrogen and oxygen atoms in total. The fourth-order valence-corrected chi connectivity index (χ4v) is 3.21. The van der Waals surface area contributed by atoms with Gasteiger partial charge < -0.3 is 4.90 Å². The SMILES string of the molecule is CCS(=O)(=O)N1CCN(C(=O)c2ccc(F)cc2)CC1. The number of carbonyl (C=O) groups is 1. The molecule has 0 radical (unpaired) electrons. The predicted molar refractivity (Wildman–Crippen MR) is 73.3 cm³/mol. The smallest absolute Gasteiger partial charge is 0.253 e. The summed E-state index contributed by atoms with van der Waals surface area (Å²) in [5, 5.41) is 0. The van der Waals surface area contributed by atoms with Gasteiger partial charge in [-0.05, 0) is 31.2 Å². The van der Waals surface area contributed by atoms with Crippen LogP contribution in [0.4, 0.5) is 4.39 Å². The molecule has 2 rings (SSSR count). The number of carbonyl (C=O) groups excluding carboxylic acids is 1. The quantitative estimate of drug-likeness (QED) is 0.834. The average Bonchev–Trinajstić information content (AvgIpc) is 2.47. The second-order valence-electron chi connectivity index (χ2n) is 4.60. The molecule has 0 bridgehead atoms. The van der Waals surface area contributed by atoms with Gasteiger partial charge in [0, 0.05) is 31.7 Å². The van der Waals surface area contributed by atoms with Crippen molar-refractivity contribution in [2.45, 2.75) is 6.92 Å². The van der Waals surface area contributed by atoms with E-state index in [4.69, 9.17) is 0 Å². The van der Waals surface area contributed by atoms with Crippen molar-refractivity contribution in [3.05, 3.63) is 35.6 Å². The van der Waals surface area contributed by atoms with Gasteiger partial charge in [0.05, 0.1) is 5.75 Å². The Bertz CT molecular complexity index is 578. The van der Waals surface area contributed by atoms with Crippen molar-refractivity contribution in [2.24, 2.45) is 0 Å². The summed E-state index contributed by atoms with van der Waals surface area (Å²) in [5.41, 5.74) is 0.415. The summed E-state index contributed by atoms with van der Waals surface area (Å²) in [5.74, 6) is -0.516. The van der Waals surface area contributed by atoms with Gasteiger partial charge in [-0.2, -0.15) is 4.31 Å². The van der Waals surface area contributed by atoms with Crippen molar-refractivity contribution in [1.29, 1.82) is 0 Å². The Morgan fingerprint density at radius 2 is 1.70 bits per heavy atom. The number of halogens is 1. The monoisotopic (exact) mass is 300 g/mol. The lowest BCUT2D eigenvalue weighted by Gasteiger charge is -2.33. The Labute approximate surface area is 118 Å². The number of rotatable bonds is 3. The molecule has 0 unspecified atom stereocenters. The van der Waals surface area contributed by atoms with Crippen LogP contribution in [0.15, 0.2) is 24.3 Å². The van der Waals surface area contributed by atoms with Crippen LogP contribution in [0.1, 0.15) is 17.3 Å². The van der Waals surface area contributed by atoms with Crippen LogP contribution < -0.4 is 0 Å². The Morgan fingerprint density at radius 1 is 1.15 bits per heavy atom. The van der Waals surface area contributed by atoms with Gasteiger partial charge in [-0.25, -0.2) is 12.8 Å². The minimum Gasteiger partial charge on any atom is -0.336 e. The lowest BCUT2D eigenvalue weighted by molar-refractivity contribution is 0.0698. The molecule has 1 aliphatic rings. The van der Waals surface area contributed by atoms with Gasteiger partial charge in [-0.1, -0.05) is 0 Å². The molecule has 1 heterocycles. The molecule has 110 valence electrons. The highest BCUT2D eigenvalue weighted by atomic mass is 32.2. The molecule has 1 aromatic carbocycles. The first-order valence-corrected chi connectivity index (χ1v) is 8.07. The summed E-state index contributed by atoms with van der Waals surface area (Å²) in [6.45, 7) is 2.93. The first-order valence-electron chi connectivity index (χ1n) is 6.46. The maximum absolute atomic E-state index is 12.8. The topological polar surface area (TPSA) is 57.7 Å². The molecule has 1 saturated heterocycles. The van der Waals surface area contributed by atoms with E-state index >= 15 is 0 Å². The summed E-state index contributed by atoms with van der Waals surface area (Å²) in [6, 6.07) is 5.36. The molecular formula is C13H17FN2O3S. The van der Waals surface area contributed by atoms with Gasteiger partial charge in [0.1, 0.15) is 5.82 Å². The molecule has 1 fully saturated rings. The molecule has 0 aliphatic carbocycles. The van der Waals surface area contributed by atoms with E-state index in [1.54, 1.807) is 11.8 Å². The van der Waals surface area contributed by atoms with Crippen molar-refractivity contribution in [1.82, 2.24) is 9.21 Å². The maximum atomic E-state index is 12.8. The Balaban J connectivity index is 2.00. The zero-order valence-electron chi connectivity index (χ0n) is 11.3. The van der Waals surface area contributed by atoms with E-state index in [9.17, 15) is 17.6 Å². The van der Waals surface area contributed by atoms with Crippen molar-refractivity contribution < 1.29 is 17.6 Å². The third kappa shape index (κ3) is 3.16. The molecule has 7 heteroatoms. The number of hydrogen-bond donors (Lipinski definition) is 0. The number of hydrogen-bond acceptors (Lipinski definition) is 3. The largest absolute Gasteiger partial charge is 0.336 e. The second kappa shape index (κ2) is 5.88. The van der Waals surface area contributed by atoms with Crippen molar-refractivity contribution in [3.63, 3.8) is 0 Å². The number of nitrogens with zero attached hydrogens (tertiary/aromatic N) is 2. The van der Waals surface area contributed by atoms with Gasteiger partial charge >= 0.3 is 0 Å². The Morgan fingerprint density at radius 3 is 2.20 bits per heavy atom. The van der Waals surface area contributed by atoms with Crippen molar-refractivity contribution >= 4 is 15.9 Å². The molecule has 1 amide bonds. The van der Waals surface area contributed by atoms with E-state index in [1.807, 2.05) is 0 Å². The van der Waals surface area contributed by atoms with Gasteiger partial charge in [0.15, 0.2) is 0 Å². The van der Waals surface area contributed by atoms with E-state index in [1.165, 1.54) is 28.6 Å². The predicted octanol–water partition coefficient (Wildman–Crippen LogP) is 0.933. The fourth-order valence-electron chi connectivity index (χ4n) is 2.13. The second-order valence-corrected chi connectivity index (χ2v) is 6.86. The van der Waals surface area contributed by atoms with Gasteiger partial charge in [-0.15, -0.1) is 0 Å². The highest BCUT2D eigenvalue weighted by Crippen LogP contribution is 2.12.